The number of hydrogen-bond acceptors (Lipinski definition) is 3. The molecule has 0 amide bonds. The van der Waals surface area contributed by atoms with E-state index in [1.807, 2.05) is 30.3 Å². The molecule has 2 aromatic carbocycles. The Balaban J connectivity index is 1.79. The van der Waals surface area contributed by atoms with E-state index >= 15 is 0 Å². The molecule has 1 aromatic heterocycles. The largest absolute Gasteiger partial charge is 0.282 e. The molecule has 24 heavy (non-hydrogen) atoms. The van der Waals surface area contributed by atoms with Crippen molar-refractivity contribution < 1.29 is 12.8 Å². The van der Waals surface area contributed by atoms with Gasteiger partial charge < -0.3 is 0 Å². The Morgan fingerprint density at radius 2 is 1.62 bits per heavy atom. The van der Waals surface area contributed by atoms with Crippen LogP contribution in [0.4, 0.5) is 10.1 Å². The molecule has 1 N–H and O–H groups in total. The van der Waals surface area contributed by atoms with Crippen molar-refractivity contribution in [2.24, 2.45) is 0 Å². The van der Waals surface area contributed by atoms with Crippen LogP contribution in [0.1, 0.15) is 5.56 Å². The predicted octanol–water partition coefficient (Wildman–Crippen LogP) is 3.83. The van der Waals surface area contributed by atoms with Gasteiger partial charge in [-0.05, 0) is 29.3 Å². The van der Waals surface area contributed by atoms with E-state index in [1.165, 1.54) is 30.5 Å². The monoisotopic (exact) mass is 342 g/mol. The molecule has 0 aliphatic carbocycles. The summed E-state index contributed by atoms with van der Waals surface area (Å²) in [6, 6.07) is 16.7. The van der Waals surface area contributed by atoms with Gasteiger partial charge in [0.2, 0.25) is 10.0 Å². The molecular weight excluding hydrogens is 327 g/mol. The molecule has 122 valence electrons. The Morgan fingerprint density at radius 1 is 0.917 bits per heavy atom. The molecule has 6 heteroatoms. The van der Waals surface area contributed by atoms with Crippen molar-refractivity contribution in [2.45, 2.75) is 5.75 Å². The van der Waals surface area contributed by atoms with Gasteiger partial charge in [0.15, 0.2) is 0 Å². The zero-order valence-corrected chi connectivity index (χ0v) is 13.5. The van der Waals surface area contributed by atoms with Gasteiger partial charge >= 0.3 is 0 Å². The van der Waals surface area contributed by atoms with Crippen LogP contribution in [-0.2, 0) is 15.8 Å². The smallest absolute Gasteiger partial charge is 0.236 e. The maximum absolute atomic E-state index is 12.9. The molecule has 0 atom stereocenters. The fraction of sp³-hybridized carbons (Fsp3) is 0.0556. The zero-order chi connectivity index (χ0) is 17.0. The number of pyridine rings is 1. The van der Waals surface area contributed by atoms with Gasteiger partial charge in [-0.15, -0.1) is 0 Å². The molecule has 0 unspecified atom stereocenters. The van der Waals surface area contributed by atoms with Crippen LogP contribution < -0.4 is 4.72 Å². The van der Waals surface area contributed by atoms with Gasteiger partial charge in [-0.1, -0.05) is 42.5 Å². The first-order valence-electron chi connectivity index (χ1n) is 7.27. The van der Waals surface area contributed by atoms with Gasteiger partial charge in [0.25, 0.3) is 0 Å². The second-order valence-corrected chi connectivity index (χ2v) is 7.04. The van der Waals surface area contributed by atoms with Crippen LogP contribution in [0, 0.1) is 5.82 Å². The minimum Gasteiger partial charge on any atom is -0.282 e. The van der Waals surface area contributed by atoms with Crippen LogP contribution in [0.3, 0.4) is 0 Å². The Bertz CT molecular complexity index is 927. The number of benzene rings is 2. The highest BCUT2D eigenvalue weighted by Crippen LogP contribution is 2.22. The van der Waals surface area contributed by atoms with Crippen molar-refractivity contribution in [1.82, 2.24) is 4.98 Å². The Kier molecular flexibility index (Phi) is 4.57. The molecule has 3 rings (SSSR count). The second kappa shape index (κ2) is 6.80. The van der Waals surface area contributed by atoms with Crippen LogP contribution in [0.25, 0.3) is 11.1 Å². The lowest BCUT2D eigenvalue weighted by Crippen LogP contribution is -2.15. The van der Waals surface area contributed by atoms with Gasteiger partial charge in [0.1, 0.15) is 5.82 Å². The van der Waals surface area contributed by atoms with E-state index in [9.17, 15) is 12.8 Å². The van der Waals surface area contributed by atoms with Crippen molar-refractivity contribution in [3.05, 3.63) is 84.4 Å². The molecule has 0 spiro atoms. The predicted molar refractivity (Wildman–Crippen MR) is 92.3 cm³/mol. The van der Waals surface area contributed by atoms with Crippen molar-refractivity contribution in [3.8, 4) is 11.1 Å². The molecule has 0 aliphatic rings. The SMILES string of the molecule is O=S(=O)(Cc1ccc(F)cc1)Nc1cncc(-c2ccccc2)c1. The highest BCUT2D eigenvalue weighted by Gasteiger charge is 2.12. The number of anilines is 1. The average Bonchev–Trinajstić information content (AvgIpc) is 2.57. The van der Waals surface area contributed by atoms with Crippen LogP contribution in [-0.4, -0.2) is 13.4 Å². The molecule has 0 bridgehead atoms. The summed E-state index contributed by atoms with van der Waals surface area (Å²) in [5.41, 5.74) is 2.66. The Hall–Kier alpha value is -2.73. The summed E-state index contributed by atoms with van der Waals surface area (Å²) in [4.78, 5) is 4.09. The van der Waals surface area contributed by atoms with Crippen LogP contribution >= 0.6 is 0 Å². The molecule has 0 saturated carbocycles. The zero-order valence-electron chi connectivity index (χ0n) is 12.7. The van der Waals surface area contributed by atoms with E-state index in [0.717, 1.165) is 11.1 Å². The lowest BCUT2D eigenvalue weighted by molar-refractivity contribution is 0.600. The summed E-state index contributed by atoms with van der Waals surface area (Å²) in [7, 11) is -3.61. The number of hydrogen-bond donors (Lipinski definition) is 1. The van der Waals surface area contributed by atoms with Crippen molar-refractivity contribution in [2.75, 3.05) is 4.72 Å². The molecule has 1 heterocycles. The fourth-order valence-corrected chi connectivity index (χ4v) is 3.47. The molecule has 0 saturated heterocycles. The lowest BCUT2D eigenvalue weighted by atomic mass is 10.1. The highest BCUT2D eigenvalue weighted by molar-refractivity contribution is 7.91. The minimum atomic E-state index is -3.61. The number of sulfonamides is 1. The normalized spacial score (nSPS) is 11.2. The van der Waals surface area contributed by atoms with Gasteiger partial charge in [-0.3, -0.25) is 9.71 Å². The molecule has 4 nitrogen and oxygen atoms in total. The number of rotatable bonds is 5. The Morgan fingerprint density at radius 3 is 2.33 bits per heavy atom. The van der Waals surface area contributed by atoms with Crippen LogP contribution in [0.15, 0.2) is 73.1 Å². The summed E-state index contributed by atoms with van der Waals surface area (Å²) < 4.78 is 39.9. The minimum absolute atomic E-state index is 0.233. The van der Waals surface area contributed by atoms with Crippen LogP contribution in [0.5, 0.6) is 0 Å². The number of nitrogens with one attached hydrogen (secondary N) is 1. The van der Waals surface area contributed by atoms with Crippen molar-refractivity contribution in [3.63, 3.8) is 0 Å². The molecule has 0 fully saturated rings. The number of nitrogens with zero attached hydrogens (tertiary/aromatic N) is 1. The van der Waals surface area contributed by atoms with Gasteiger partial charge in [-0.25, -0.2) is 12.8 Å². The third-order valence-corrected chi connectivity index (χ3v) is 4.65. The molecule has 0 radical (unpaired) electrons. The van der Waals surface area contributed by atoms with Crippen molar-refractivity contribution >= 4 is 15.7 Å². The lowest BCUT2D eigenvalue weighted by Gasteiger charge is -2.09. The molecule has 3 aromatic rings. The van der Waals surface area contributed by atoms with E-state index in [2.05, 4.69) is 9.71 Å². The molecule has 0 aliphatic heterocycles. The topological polar surface area (TPSA) is 59.1 Å². The summed E-state index contributed by atoms with van der Waals surface area (Å²) in [5, 5.41) is 0. The summed E-state index contributed by atoms with van der Waals surface area (Å²) in [6.45, 7) is 0. The first-order chi connectivity index (χ1) is 11.5. The molecular formula is C18H15FN2O2S. The number of halogens is 1. The van der Waals surface area contributed by atoms with E-state index in [0.29, 0.717) is 11.3 Å². The maximum atomic E-state index is 12.9. The fourth-order valence-electron chi connectivity index (χ4n) is 2.30. The highest BCUT2D eigenvalue weighted by atomic mass is 32.2. The third kappa shape index (κ3) is 4.17. The third-order valence-electron chi connectivity index (χ3n) is 3.39. The van der Waals surface area contributed by atoms with Crippen LogP contribution in [0.2, 0.25) is 0 Å². The quantitative estimate of drug-likeness (QED) is 0.766. The second-order valence-electron chi connectivity index (χ2n) is 5.32. The standard InChI is InChI=1S/C18H15FN2O2S/c19-17-8-6-14(7-9-17)13-24(22,23)21-18-10-16(11-20-12-18)15-4-2-1-3-5-15/h1-12,21H,13H2. The van der Waals surface area contributed by atoms with Gasteiger partial charge in [0, 0.05) is 11.8 Å². The summed E-state index contributed by atoms with van der Waals surface area (Å²) in [6.07, 6.45) is 3.13. The first-order valence-corrected chi connectivity index (χ1v) is 8.92. The summed E-state index contributed by atoms with van der Waals surface area (Å²) >= 11 is 0. The first kappa shape index (κ1) is 16.1. The van der Waals surface area contributed by atoms with Gasteiger partial charge in [0.05, 0.1) is 17.6 Å². The average molecular weight is 342 g/mol. The van der Waals surface area contributed by atoms with E-state index in [-0.39, 0.29) is 5.75 Å². The van der Waals surface area contributed by atoms with E-state index < -0.39 is 15.8 Å². The maximum Gasteiger partial charge on any atom is 0.236 e. The van der Waals surface area contributed by atoms with Crippen molar-refractivity contribution in [1.29, 1.82) is 0 Å². The Labute approximate surface area is 140 Å². The van der Waals surface area contributed by atoms with Gasteiger partial charge in [-0.2, -0.15) is 0 Å². The number of aromatic nitrogens is 1. The van der Waals surface area contributed by atoms with E-state index in [1.54, 1.807) is 12.3 Å². The summed E-state index contributed by atoms with van der Waals surface area (Å²) in [5.74, 6) is -0.632. The van der Waals surface area contributed by atoms with E-state index in [4.69, 9.17) is 0 Å².